The van der Waals surface area contributed by atoms with Crippen LogP contribution in [0.4, 0.5) is 0 Å². The van der Waals surface area contributed by atoms with Crippen molar-refractivity contribution in [1.82, 2.24) is 0 Å². The van der Waals surface area contributed by atoms with Gasteiger partial charge in [0.25, 0.3) is 0 Å². The molecule has 86 valence electrons. The molecule has 0 aromatic heterocycles. The van der Waals surface area contributed by atoms with Crippen LogP contribution in [0.1, 0.15) is 58.8 Å². The minimum atomic E-state index is 1.22. The minimum absolute atomic E-state index is 1.22. The highest BCUT2D eigenvalue weighted by Gasteiger charge is 1.88. The molecule has 0 bridgehead atoms. The average Bonchev–Trinajstić information content (AvgIpc) is 2.25. The summed E-state index contributed by atoms with van der Waals surface area (Å²) in [5, 5.41) is 0. The Bertz CT molecular complexity index is 196. The van der Waals surface area contributed by atoms with Gasteiger partial charge in [0, 0.05) is 0 Å². The molecule has 0 radical (unpaired) electrons. The molecule has 0 spiro atoms. The van der Waals surface area contributed by atoms with E-state index in [9.17, 15) is 0 Å². The maximum absolute atomic E-state index is 3.66. The molecule has 0 fully saturated rings. The van der Waals surface area contributed by atoms with Crippen molar-refractivity contribution in [3.05, 3.63) is 36.5 Å². The molecule has 0 heteroatoms. The number of rotatable bonds is 9. The summed E-state index contributed by atoms with van der Waals surface area (Å²) in [6.07, 6.45) is 17.7. The van der Waals surface area contributed by atoms with E-state index in [1.54, 1.807) is 0 Å². The molecule has 0 aliphatic rings. The van der Waals surface area contributed by atoms with Crippen molar-refractivity contribution in [2.75, 3.05) is 0 Å². The zero-order valence-electron chi connectivity index (χ0n) is 10.5. The molecule has 0 saturated carbocycles. The van der Waals surface area contributed by atoms with Gasteiger partial charge in [-0.3, -0.25) is 0 Å². The van der Waals surface area contributed by atoms with E-state index in [0.29, 0.717) is 0 Å². The summed E-state index contributed by atoms with van der Waals surface area (Å²) in [5.41, 5.74) is 1.35. The Morgan fingerprint density at radius 2 is 1.73 bits per heavy atom. The largest absolute Gasteiger partial charge is 0.0991 e. The van der Waals surface area contributed by atoms with Crippen LogP contribution < -0.4 is 0 Å². The van der Waals surface area contributed by atoms with Gasteiger partial charge >= 0.3 is 0 Å². The molecule has 0 N–H and O–H groups in total. The van der Waals surface area contributed by atoms with Crippen LogP contribution in [0.3, 0.4) is 0 Å². The fraction of sp³-hybridized carbons (Fsp3) is 0.600. The Balaban J connectivity index is 3.36. The first-order valence-electron chi connectivity index (χ1n) is 6.27. The van der Waals surface area contributed by atoms with Crippen LogP contribution in [0.15, 0.2) is 36.5 Å². The lowest BCUT2D eigenvalue weighted by molar-refractivity contribution is 0.611. The third kappa shape index (κ3) is 11.1. The molecule has 0 rings (SSSR count). The van der Waals surface area contributed by atoms with Gasteiger partial charge in [-0.15, -0.1) is 0 Å². The predicted octanol–water partition coefficient (Wildman–Crippen LogP) is 5.43. The number of hydrogen-bond donors (Lipinski definition) is 0. The van der Waals surface area contributed by atoms with Gasteiger partial charge in [-0.2, -0.15) is 0 Å². The van der Waals surface area contributed by atoms with E-state index in [-0.39, 0.29) is 0 Å². The van der Waals surface area contributed by atoms with Crippen LogP contribution in [0.2, 0.25) is 0 Å². The summed E-state index contributed by atoms with van der Waals surface area (Å²) in [4.78, 5) is 0. The van der Waals surface area contributed by atoms with E-state index in [0.717, 1.165) is 0 Å². The lowest BCUT2D eigenvalue weighted by Gasteiger charge is -1.98. The van der Waals surface area contributed by atoms with Crippen molar-refractivity contribution < 1.29 is 0 Å². The Kier molecular flexibility index (Phi) is 10.7. The van der Waals surface area contributed by atoms with Crippen molar-refractivity contribution in [3.63, 3.8) is 0 Å². The summed E-state index contributed by atoms with van der Waals surface area (Å²) < 4.78 is 0. The summed E-state index contributed by atoms with van der Waals surface area (Å²) in [5.74, 6) is 0. The molecule has 0 aliphatic carbocycles. The van der Waals surface area contributed by atoms with Gasteiger partial charge in [0.15, 0.2) is 0 Å². The van der Waals surface area contributed by atoms with Crippen LogP contribution in [-0.4, -0.2) is 0 Å². The SMILES string of the molecule is C=CC=CC(C)=CCCCCCCCC. The van der Waals surface area contributed by atoms with Crippen molar-refractivity contribution in [3.8, 4) is 0 Å². The Morgan fingerprint density at radius 1 is 1.07 bits per heavy atom. The topological polar surface area (TPSA) is 0 Å². The first-order valence-corrected chi connectivity index (χ1v) is 6.27. The van der Waals surface area contributed by atoms with Crippen molar-refractivity contribution in [2.45, 2.75) is 58.8 Å². The second-order valence-electron chi connectivity index (χ2n) is 4.10. The minimum Gasteiger partial charge on any atom is -0.0991 e. The van der Waals surface area contributed by atoms with Gasteiger partial charge in [0.2, 0.25) is 0 Å². The van der Waals surface area contributed by atoms with Crippen LogP contribution in [0, 0.1) is 0 Å². The maximum atomic E-state index is 3.66. The van der Waals surface area contributed by atoms with Crippen molar-refractivity contribution in [2.24, 2.45) is 0 Å². The smallest absolute Gasteiger partial charge is 0.0345 e. The quantitative estimate of drug-likeness (QED) is 0.349. The maximum Gasteiger partial charge on any atom is -0.0345 e. The molecule has 0 aromatic carbocycles. The summed E-state index contributed by atoms with van der Waals surface area (Å²) >= 11 is 0. The van der Waals surface area contributed by atoms with E-state index in [1.165, 1.54) is 50.5 Å². The summed E-state index contributed by atoms with van der Waals surface area (Å²) in [7, 11) is 0. The van der Waals surface area contributed by atoms with Gasteiger partial charge in [-0.1, -0.05) is 75.5 Å². The van der Waals surface area contributed by atoms with Gasteiger partial charge < -0.3 is 0 Å². The second kappa shape index (κ2) is 11.3. The standard InChI is InChI=1S/C15H26/c1-4-6-8-9-10-11-12-14-15(3)13-7-5-2/h5,7,13-14H,2,4,6,8-12H2,1,3H3. The molecule has 0 amide bonds. The molecule has 0 aromatic rings. The molecule has 0 atom stereocenters. The zero-order valence-corrected chi connectivity index (χ0v) is 10.5. The summed E-state index contributed by atoms with van der Waals surface area (Å²) in [6, 6.07) is 0. The van der Waals surface area contributed by atoms with Crippen LogP contribution in [0.5, 0.6) is 0 Å². The van der Waals surface area contributed by atoms with Crippen molar-refractivity contribution >= 4 is 0 Å². The van der Waals surface area contributed by atoms with E-state index in [1.807, 2.05) is 12.2 Å². The lowest BCUT2D eigenvalue weighted by atomic mass is 10.1. The van der Waals surface area contributed by atoms with Gasteiger partial charge in [0.1, 0.15) is 0 Å². The molecule has 0 aliphatic heterocycles. The lowest BCUT2D eigenvalue weighted by Crippen LogP contribution is -1.78. The molecular formula is C15H26. The van der Waals surface area contributed by atoms with Gasteiger partial charge in [-0.25, -0.2) is 0 Å². The van der Waals surface area contributed by atoms with Crippen LogP contribution >= 0.6 is 0 Å². The van der Waals surface area contributed by atoms with Gasteiger partial charge in [-0.05, 0) is 19.8 Å². The van der Waals surface area contributed by atoms with Crippen LogP contribution in [0.25, 0.3) is 0 Å². The fourth-order valence-electron chi connectivity index (χ4n) is 1.54. The molecule has 0 nitrogen and oxygen atoms in total. The van der Waals surface area contributed by atoms with E-state index in [2.05, 4.69) is 32.6 Å². The van der Waals surface area contributed by atoms with Gasteiger partial charge in [0.05, 0.1) is 0 Å². The van der Waals surface area contributed by atoms with Crippen LogP contribution in [-0.2, 0) is 0 Å². The highest BCUT2D eigenvalue weighted by molar-refractivity contribution is 5.18. The zero-order chi connectivity index (χ0) is 11.4. The molecule has 15 heavy (non-hydrogen) atoms. The molecular weight excluding hydrogens is 180 g/mol. The Hall–Kier alpha value is -0.780. The fourth-order valence-corrected chi connectivity index (χ4v) is 1.54. The Labute approximate surface area is 95.8 Å². The van der Waals surface area contributed by atoms with Crippen molar-refractivity contribution in [1.29, 1.82) is 0 Å². The van der Waals surface area contributed by atoms with E-state index in [4.69, 9.17) is 0 Å². The normalized spacial score (nSPS) is 12.3. The predicted molar refractivity (Wildman–Crippen MR) is 71.1 cm³/mol. The highest BCUT2D eigenvalue weighted by atomic mass is 13.9. The number of unbranched alkanes of at least 4 members (excludes halogenated alkanes) is 6. The average molecular weight is 206 g/mol. The first kappa shape index (κ1) is 14.2. The molecule has 0 saturated heterocycles. The number of hydrogen-bond acceptors (Lipinski definition) is 0. The first-order chi connectivity index (χ1) is 7.31. The number of allylic oxidation sites excluding steroid dienone is 5. The molecule has 0 unspecified atom stereocenters. The Morgan fingerprint density at radius 3 is 2.40 bits per heavy atom. The molecule has 0 heterocycles. The monoisotopic (exact) mass is 206 g/mol. The highest BCUT2D eigenvalue weighted by Crippen LogP contribution is 2.08. The third-order valence-corrected chi connectivity index (χ3v) is 2.52. The third-order valence-electron chi connectivity index (χ3n) is 2.52. The van der Waals surface area contributed by atoms with E-state index < -0.39 is 0 Å². The summed E-state index contributed by atoms with van der Waals surface area (Å²) in [6.45, 7) is 8.07. The van der Waals surface area contributed by atoms with E-state index >= 15 is 0 Å². The second-order valence-corrected chi connectivity index (χ2v) is 4.10.